The van der Waals surface area contributed by atoms with Crippen molar-refractivity contribution in [1.82, 2.24) is 9.88 Å². The zero-order chi connectivity index (χ0) is 13.3. The van der Waals surface area contributed by atoms with Crippen LogP contribution < -0.4 is 0 Å². The Morgan fingerprint density at radius 2 is 2.33 bits per heavy atom. The molecule has 4 nitrogen and oxygen atoms in total. The Kier molecular flexibility index (Phi) is 4.25. The Balaban J connectivity index is 2.03. The molecule has 1 aliphatic rings. The zero-order valence-corrected chi connectivity index (χ0v) is 12.3. The zero-order valence-electron chi connectivity index (χ0n) is 9.94. The van der Waals surface area contributed by atoms with E-state index >= 15 is 0 Å². The van der Waals surface area contributed by atoms with Crippen molar-refractivity contribution in [2.24, 2.45) is 5.92 Å². The van der Waals surface area contributed by atoms with Crippen molar-refractivity contribution < 1.29 is 9.90 Å². The lowest BCUT2D eigenvalue weighted by atomic mass is 9.82. The van der Waals surface area contributed by atoms with Crippen LogP contribution in [0.5, 0.6) is 0 Å². The number of aromatic nitrogens is 1. The Morgan fingerprint density at radius 1 is 1.67 bits per heavy atom. The minimum absolute atomic E-state index is 0.143. The van der Waals surface area contributed by atoms with Crippen LogP contribution in [0.4, 0.5) is 0 Å². The van der Waals surface area contributed by atoms with Crippen molar-refractivity contribution in [3.05, 3.63) is 27.5 Å². The van der Waals surface area contributed by atoms with Crippen LogP contribution in [0.1, 0.15) is 23.2 Å². The van der Waals surface area contributed by atoms with Gasteiger partial charge in [0.05, 0.1) is 11.7 Å². The quantitative estimate of drug-likeness (QED) is 0.864. The van der Waals surface area contributed by atoms with Gasteiger partial charge in [0.1, 0.15) is 5.15 Å². The molecule has 2 rings (SSSR count). The highest BCUT2D eigenvalue weighted by Gasteiger charge is 2.29. The lowest BCUT2D eigenvalue weighted by Crippen LogP contribution is -2.39. The Bertz CT molecular complexity index is 463. The molecule has 0 aliphatic heterocycles. The molecule has 6 heteroatoms. The van der Waals surface area contributed by atoms with Crippen molar-refractivity contribution in [2.45, 2.75) is 18.9 Å². The van der Waals surface area contributed by atoms with E-state index in [0.717, 1.165) is 17.3 Å². The van der Waals surface area contributed by atoms with Crippen LogP contribution in [0.15, 0.2) is 16.7 Å². The van der Waals surface area contributed by atoms with E-state index in [1.807, 2.05) is 0 Å². The number of rotatable bonds is 3. The van der Waals surface area contributed by atoms with Crippen LogP contribution in [-0.4, -0.2) is 40.6 Å². The van der Waals surface area contributed by atoms with Gasteiger partial charge in [0.2, 0.25) is 0 Å². The van der Waals surface area contributed by atoms with Gasteiger partial charge < -0.3 is 10.0 Å². The van der Waals surface area contributed by atoms with Crippen molar-refractivity contribution in [2.75, 3.05) is 13.6 Å². The summed E-state index contributed by atoms with van der Waals surface area (Å²) in [4.78, 5) is 17.8. The van der Waals surface area contributed by atoms with E-state index in [-0.39, 0.29) is 17.2 Å². The predicted molar refractivity (Wildman–Crippen MR) is 72.6 cm³/mol. The molecule has 0 bridgehead atoms. The number of halogens is 2. The third kappa shape index (κ3) is 3.02. The number of carbonyl (C=O) groups excluding carboxylic acids is 1. The van der Waals surface area contributed by atoms with Gasteiger partial charge in [0.15, 0.2) is 0 Å². The van der Waals surface area contributed by atoms with Gasteiger partial charge in [0.25, 0.3) is 5.91 Å². The lowest BCUT2D eigenvalue weighted by Gasteiger charge is -2.34. The standard InChI is InChI=1S/C12H14BrClN2O2/c1-16(6-7-2-9(17)3-7)12(18)10-4-8(13)5-15-11(10)14/h4-5,7,9,17H,2-3,6H2,1H3. The van der Waals surface area contributed by atoms with Crippen LogP contribution in [0.3, 0.4) is 0 Å². The minimum atomic E-state index is -0.199. The first kappa shape index (κ1) is 13.8. The minimum Gasteiger partial charge on any atom is -0.393 e. The molecule has 98 valence electrons. The van der Waals surface area contributed by atoms with Gasteiger partial charge in [-0.1, -0.05) is 11.6 Å². The predicted octanol–water partition coefficient (Wildman–Crippen LogP) is 2.34. The second-order valence-corrected chi connectivity index (χ2v) is 5.94. The molecule has 18 heavy (non-hydrogen) atoms. The molecule has 0 radical (unpaired) electrons. The Hall–Kier alpha value is -0.650. The van der Waals surface area contributed by atoms with Crippen molar-refractivity contribution in [3.63, 3.8) is 0 Å². The van der Waals surface area contributed by atoms with Crippen LogP contribution in [0, 0.1) is 5.92 Å². The summed E-state index contributed by atoms with van der Waals surface area (Å²) in [5.41, 5.74) is 0.397. The number of nitrogens with zero attached hydrogens (tertiary/aromatic N) is 2. The number of aliphatic hydroxyl groups is 1. The fourth-order valence-electron chi connectivity index (χ4n) is 2.10. The van der Waals surface area contributed by atoms with Gasteiger partial charge in [-0.15, -0.1) is 0 Å². The average molecular weight is 334 g/mol. The van der Waals surface area contributed by atoms with Crippen LogP contribution >= 0.6 is 27.5 Å². The number of amides is 1. The van der Waals surface area contributed by atoms with Crippen molar-refractivity contribution in [3.8, 4) is 0 Å². The molecule has 1 aliphatic carbocycles. The molecule has 1 fully saturated rings. The SMILES string of the molecule is CN(CC1CC(O)C1)C(=O)c1cc(Br)cnc1Cl. The molecule has 1 N–H and O–H groups in total. The van der Waals surface area contributed by atoms with Gasteiger partial charge in [-0.25, -0.2) is 4.98 Å². The average Bonchev–Trinajstić information content (AvgIpc) is 2.29. The summed E-state index contributed by atoms with van der Waals surface area (Å²) in [5.74, 6) is 0.239. The van der Waals surface area contributed by atoms with Crippen LogP contribution in [-0.2, 0) is 0 Å². The summed E-state index contributed by atoms with van der Waals surface area (Å²) in [7, 11) is 1.74. The molecule has 0 spiro atoms. The first-order valence-corrected chi connectivity index (χ1v) is 6.89. The van der Waals surface area contributed by atoms with E-state index in [1.165, 1.54) is 0 Å². The van der Waals surface area contributed by atoms with E-state index in [4.69, 9.17) is 11.6 Å². The van der Waals surface area contributed by atoms with Gasteiger partial charge in [0, 0.05) is 24.3 Å². The largest absolute Gasteiger partial charge is 0.393 e. The Labute approximate surface area is 119 Å². The molecule has 1 heterocycles. The molecule has 0 unspecified atom stereocenters. The van der Waals surface area contributed by atoms with Crippen LogP contribution in [0.25, 0.3) is 0 Å². The summed E-state index contributed by atoms with van der Waals surface area (Å²) in [6, 6.07) is 1.67. The lowest BCUT2D eigenvalue weighted by molar-refractivity contribution is 0.0265. The summed E-state index contributed by atoms with van der Waals surface area (Å²) < 4.78 is 0.725. The van der Waals surface area contributed by atoms with Gasteiger partial charge in [-0.3, -0.25) is 4.79 Å². The third-order valence-corrected chi connectivity index (χ3v) is 3.86. The second kappa shape index (κ2) is 5.55. The van der Waals surface area contributed by atoms with Crippen LogP contribution in [0.2, 0.25) is 5.15 Å². The number of aliphatic hydroxyl groups excluding tert-OH is 1. The fraction of sp³-hybridized carbons (Fsp3) is 0.500. The van der Waals surface area contributed by atoms with E-state index in [2.05, 4.69) is 20.9 Å². The molecule has 0 saturated heterocycles. The van der Waals surface area contributed by atoms with E-state index < -0.39 is 0 Å². The fourth-order valence-corrected chi connectivity index (χ4v) is 2.61. The van der Waals surface area contributed by atoms with Gasteiger partial charge >= 0.3 is 0 Å². The maximum atomic E-state index is 12.2. The summed E-state index contributed by atoms with van der Waals surface area (Å²) >= 11 is 9.20. The maximum Gasteiger partial charge on any atom is 0.256 e. The van der Waals surface area contributed by atoms with Crippen molar-refractivity contribution >= 4 is 33.4 Å². The number of carbonyl (C=O) groups is 1. The number of hydrogen-bond donors (Lipinski definition) is 1. The molecular formula is C12H14BrClN2O2. The highest BCUT2D eigenvalue weighted by molar-refractivity contribution is 9.10. The van der Waals surface area contributed by atoms with Gasteiger partial charge in [-0.2, -0.15) is 0 Å². The molecule has 1 amide bonds. The number of pyridine rings is 1. The second-order valence-electron chi connectivity index (χ2n) is 4.67. The summed E-state index contributed by atoms with van der Waals surface area (Å²) in [6.07, 6.45) is 2.89. The maximum absolute atomic E-state index is 12.2. The smallest absolute Gasteiger partial charge is 0.256 e. The summed E-state index contributed by atoms with van der Waals surface area (Å²) in [6.45, 7) is 0.638. The highest BCUT2D eigenvalue weighted by atomic mass is 79.9. The molecule has 0 atom stereocenters. The van der Waals surface area contributed by atoms with E-state index in [0.29, 0.717) is 18.0 Å². The molecular weight excluding hydrogens is 320 g/mol. The van der Waals surface area contributed by atoms with Crippen molar-refractivity contribution in [1.29, 1.82) is 0 Å². The molecule has 0 aromatic carbocycles. The first-order valence-electron chi connectivity index (χ1n) is 5.72. The third-order valence-electron chi connectivity index (χ3n) is 3.13. The normalized spacial score (nSPS) is 22.4. The summed E-state index contributed by atoms with van der Waals surface area (Å²) in [5, 5.41) is 9.44. The molecule has 1 saturated carbocycles. The Morgan fingerprint density at radius 3 is 2.94 bits per heavy atom. The molecule has 1 aromatic heterocycles. The van der Waals surface area contributed by atoms with Gasteiger partial charge in [-0.05, 0) is 40.8 Å². The van der Waals surface area contributed by atoms with E-state index in [1.54, 1.807) is 24.2 Å². The first-order chi connectivity index (χ1) is 8.47. The molecule has 1 aromatic rings. The number of hydrogen-bond acceptors (Lipinski definition) is 3. The monoisotopic (exact) mass is 332 g/mol. The van der Waals surface area contributed by atoms with E-state index in [9.17, 15) is 9.90 Å². The highest BCUT2D eigenvalue weighted by Crippen LogP contribution is 2.28. The topological polar surface area (TPSA) is 53.4 Å².